The molecule has 1 aromatic carbocycles. The topological polar surface area (TPSA) is 29.5 Å². The number of hydrogen-bond donors (Lipinski definition) is 0. The van der Waals surface area contributed by atoms with Gasteiger partial charge in [-0.2, -0.15) is 0 Å². The van der Waals surface area contributed by atoms with Crippen molar-refractivity contribution in [1.29, 1.82) is 0 Å². The van der Waals surface area contributed by atoms with E-state index in [0.717, 1.165) is 12.8 Å². The normalized spacial score (nSPS) is 19.0. The summed E-state index contributed by atoms with van der Waals surface area (Å²) in [4.78, 5) is 13.9. The number of nitrogens with zero attached hydrogens (tertiary/aromatic N) is 1. The minimum atomic E-state index is -0.113. The Hall–Kier alpha value is -1.35. The first-order valence-corrected chi connectivity index (χ1v) is 6.67. The fraction of sp³-hybridized carbons (Fsp3) is 0.533. The van der Waals surface area contributed by atoms with Crippen LogP contribution in [0.15, 0.2) is 24.3 Å². The Kier molecular flexibility index (Phi) is 3.08. The second-order valence-electron chi connectivity index (χ2n) is 5.31. The van der Waals surface area contributed by atoms with Crippen LogP contribution in [-0.2, 0) is 22.4 Å². The predicted molar refractivity (Wildman–Crippen MR) is 69.4 cm³/mol. The molecule has 0 saturated heterocycles. The lowest BCUT2D eigenvalue weighted by atomic mass is 10.1. The summed E-state index contributed by atoms with van der Waals surface area (Å²) in [5.74, 6) is -0.113. The number of ether oxygens (including phenoxy) is 1. The van der Waals surface area contributed by atoms with Gasteiger partial charge in [-0.05, 0) is 36.8 Å². The Morgan fingerprint density at radius 1 is 1.22 bits per heavy atom. The highest BCUT2D eigenvalue weighted by atomic mass is 16.5. The van der Waals surface area contributed by atoms with Gasteiger partial charge in [-0.15, -0.1) is 0 Å². The van der Waals surface area contributed by atoms with E-state index in [1.807, 2.05) is 0 Å². The third kappa shape index (κ3) is 2.27. The molecule has 0 heterocycles. The lowest BCUT2D eigenvalue weighted by Crippen LogP contribution is -2.41. The number of fused-ring (bicyclic) bond motifs is 1. The first kappa shape index (κ1) is 11.7. The van der Waals surface area contributed by atoms with Gasteiger partial charge in [0.2, 0.25) is 0 Å². The van der Waals surface area contributed by atoms with Gasteiger partial charge >= 0.3 is 5.97 Å². The van der Waals surface area contributed by atoms with Crippen molar-refractivity contribution in [1.82, 2.24) is 4.90 Å². The molecular weight excluding hydrogens is 226 g/mol. The Labute approximate surface area is 108 Å². The van der Waals surface area contributed by atoms with Crippen LogP contribution in [0.2, 0.25) is 0 Å². The molecule has 3 rings (SSSR count). The lowest BCUT2D eigenvalue weighted by molar-refractivity contribution is -0.142. The molecule has 0 spiro atoms. The first-order chi connectivity index (χ1) is 8.78. The summed E-state index contributed by atoms with van der Waals surface area (Å²) >= 11 is 0. The minimum absolute atomic E-state index is 0.113. The van der Waals surface area contributed by atoms with E-state index in [-0.39, 0.29) is 5.97 Å². The van der Waals surface area contributed by atoms with E-state index < -0.39 is 0 Å². The van der Waals surface area contributed by atoms with Crippen LogP contribution in [0.25, 0.3) is 0 Å². The summed E-state index contributed by atoms with van der Waals surface area (Å²) in [5, 5.41) is 0. The SMILES string of the molecule is COC(=O)CN(C1CC1)C1Cc2ccccc2C1. The number of carbonyl (C=O) groups is 1. The van der Waals surface area contributed by atoms with Crippen molar-refractivity contribution in [3.63, 3.8) is 0 Å². The smallest absolute Gasteiger partial charge is 0.319 e. The predicted octanol–water partition coefficient (Wildman–Crippen LogP) is 1.79. The zero-order chi connectivity index (χ0) is 12.5. The van der Waals surface area contributed by atoms with Gasteiger partial charge < -0.3 is 4.74 Å². The van der Waals surface area contributed by atoms with Crippen LogP contribution >= 0.6 is 0 Å². The Morgan fingerprint density at radius 3 is 2.33 bits per heavy atom. The maximum Gasteiger partial charge on any atom is 0.319 e. The van der Waals surface area contributed by atoms with Crippen LogP contribution in [-0.4, -0.2) is 36.6 Å². The Balaban J connectivity index is 1.72. The van der Waals surface area contributed by atoms with Gasteiger partial charge in [-0.1, -0.05) is 24.3 Å². The van der Waals surface area contributed by atoms with E-state index in [1.165, 1.54) is 31.1 Å². The van der Waals surface area contributed by atoms with Crippen molar-refractivity contribution in [2.45, 2.75) is 37.8 Å². The largest absolute Gasteiger partial charge is 0.468 e. The molecule has 1 saturated carbocycles. The second-order valence-corrected chi connectivity index (χ2v) is 5.31. The standard InChI is InChI=1S/C15H19NO2/c1-18-15(17)10-16(13-6-7-13)14-8-11-4-2-3-5-12(11)9-14/h2-5,13-14H,6-10H2,1H3. The maximum absolute atomic E-state index is 11.5. The molecule has 0 N–H and O–H groups in total. The van der Waals surface area contributed by atoms with E-state index >= 15 is 0 Å². The van der Waals surface area contributed by atoms with Crippen LogP contribution in [0.4, 0.5) is 0 Å². The average molecular weight is 245 g/mol. The van der Waals surface area contributed by atoms with E-state index in [9.17, 15) is 4.79 Å². The fourth-order valence-corrected chi connectivity index (χ4v) is 2.95. The molecule has 1 aromatic rings. The van der Waals surface area contributed by atoms with Crippen molar-refractivity contribution < 1.29 is 9.53 Å². The molecule has 0 bridgehead atoms. The summed E-state index contributed by atoms with van der Waals surface area (Å²) in [6, 6.07) is 9.70. The van der Waals surface area contributed by atoms with E-state index in [1.54, 1.807) is 0 Å². The van der Waals surface area contributed by atoms with Gasteiger partial charge in [0.05, 0.1) is 13.7 Å². The molecule has 96 valence electrons. The van der Waals surface area contributed by atoms with Crippen LogP contribution in [0.3, 0.4) is 0 Å². The summed E-state index contributed by atoms with van der Waals surface area (Å²) in [7, 11) is 1.47. The van der Waals surface area contributed by atoms with E-state index in [4.69, 9.17) is 4.74 Å². The number of esters is 1. The van der Waals surface area contributed by atoms with Crippen molar-refractivity contribution in [2.24, 2.45) is 0 Å². The van der Waals surface area contributed by atoms with Gasteiger partial charge in [-0.25, -0.2) is 0 Å². The molecule has 2 aliphatic carbocycles. The third-order valence-corrected chi connectivity index (χ3v) is 4.05. The van der Waals surface area contributed by atoms with Crippen LogP contribution in [0.5, 0.6) is 0 Å². The fourth-order valence-electron chi connectivity index (χ4n) is 2.95. The molecule has 0 aliphatic heterocycles. The molecule has 3 heteroatoms. The molecule has 0 atom stereocenters. The quantitative estimate of drug-likeness (QED) is 0.757. The second kappa shape index (κ2) is 4.73. The van der Waals surface area contributed by atoms with Gasteiger partial charge in [0.15, 0.2) is 0 Å². The van der Waals surface area contributed by atoms with Gasteiger partial charge in [0.1, 0.15) is 0 Å². The molecule has 3 nitrogen and oxygen atoms in total. The summed E-state index contributed by atoms with van der Waals surface area (Å²) in [5.41, 5.74) is 2.89. The molecule has 0 amide bonds. The van der Waals surface area contributed by atoms with Gasteiger partial charge in [0.25, 0.3) is 0 Å². The highest BCUT2D eigenvalue weighted by Crippen LogP contribution is 2.34. The van der Waals surface area contributed by atoms with Crippen LogP contribution < -0.4 is 0 Å². The zero-order valence-corrected chi connectivity index (χ0v) is 10.8. The summed E-state index contributed by atoms with van der Waals surface area (Å²) in [6.07, 6.45) is 4.60. The minimum Gasteiger partial charge on any atom is -0.468 e. The lowest BCUT2D eigenvalue weighted by Gasteiger charge is -2.27. The molecule has 2 aliphatic rings. The van der Waals surface area contributed by atoms with Crippen LogP contribution in [0, 0.1) is 0 Å². The highest BCUT2D eigenvalue weighted by Gasteiger charge is 2.37. The average Bonchev–Trinajstić information content (AvgIpc) is 3.13. The van der Waals surface area contributed by atoms with Crippen molar-refractivity contribution >= 4 is 5.97 Å². The number of hydrogen-bond acceptors (Lipinski definition) is 3. The Bertz CT molecular complexity index is 429. The van der Waals surface area contributed by atoms with Crippen molar-refractivity contribution in [2.75, 3.05) is 13.7 Å². The molecule has 0 radical (unpaired) electrons. The number of carbonyl (C=O) groups excluding carboxylic acids is 1. The van der Waals surface area contributed by atoms with Crippen LogP contribution in [0.1, 0.15) is 24.0 Å². The zero-order valence-electron chi connectivity index (χ0n) is 10.8. The molecule has 0 aromatic heterocycles. The molecule has 1 fully saturated rings. The monoisotopic (exact) mass is 245 g/mol. The Morgan fingerprint density at radius 2 is 1.83 bits per heavy atom. The number of methoxy groups -OCH3 is 1. The van der Waals surface area contributed by atoms with Gasteiger partial charge in [-0.3, -0.25) is 9.69 Å². The third-order valence-electron chi connectivity index (χ3n) is 4.05. The van der Waals surface area contributed by atoms with Crippen molar-refractivity contribution in [3.8, 4) is 0 Å². The highest BCUT2D eigenvalue weighted by molar-refractivity contribution is 5.71. The molecule has 0 unspecified atom stereocenters. The number of benzene rings is 1. The first-order valence-electron chi connectivity index (χ1n) is 6.67. The number of rotatable bonds is 4. The molecular formula is C15H19NO2. The van der Waals surface area contributed by atoms with Gasteiger partial charge in [0, 0.05) is 12.1 Å². The van der Waals surface area contributed by atoms with E-state index in [2.05, 4.69) is 29.2 Å². The summed E-state index contributed by atoms with van der Waals surface area (Å²) < 4.78 is 4.81. The maximum atomic E-state index is 11.5. The summed E-state index contributed by atoms with van der Waals surface area (Å²) in [6.45, 7) is 0.444. The van der Waals surface area contributed by atoms with Crippen molar-refractivity contribution in [3.05, 3.63) is 35.4 Å². The molecule has 18 heavy (non-hydrogen) atoms. The van der Waals surface area contributed by atoms with E-state index in [0.29, 0.717) is 18.6 Å².